The first-order valence-electron chi connectivity index (χ1n) is 4.79. The number of nitrogens with one attached hydrogen (secondary N) is 2. The Morgan fingerprint density at radius 2 is 2.06 bits per heavy atom. The molecule has 1 aromatic heterocycles. The molecule has 0 amide bonds. The molecular formula is C9H17N5OS. The fraction of sp³-hybridized carbons (Fsp3) is 0.556. The second kappa shape index (κ2) is 5.33. The summed E-state index contributed by atoms with van der Waals surface area (Å²) in [6.45, 7) is 3.77. The summed E-state index contributed by atoms with van der Waals surface area (Å²) in [4.78, 5) is 8.41. The average Bonchev–Trinajstić information content (AvgIpc) is 2.28. The number of hydrazine groups is 1. The monoisotopic (exact) mass is 243 g/mol. The van der Waals surface area contributed by atoms with E-state index in [2.05, 4.69) is 20.7 Å². The lowest BCUT2D eigenvalue weighted by Gasteiger charge is -2.24. The van der Waals surface area contributed by atoms with Gasteiger partial charge in [0.1, 0.15) is 11.6 Å². The third-order valence-corrected chi connectivity index (χ3v) is 2.45. The summed E-state index contributed by atoms with van der Waals surface area (Å²) in [7, 11) is 0. The predicted molar refractivity (Wildman–Crippen MR) is 66.4 cm³/mol. The van der Waals surface area contributed by atoms with Crippen LogP contribution in [0.2, 0.25) is 0 Å². The molecule has 16 heavy (non-hydrogen) atoms. The van der Waals surface area contributed by atoms with Crippen molar-refractivity contribution in [2.75, 3.05) is 23.6 Å². The normalized spacial score (nSPS) is 11.3. The van der Waals surface area contributed by atoms with Gasteiger partial charge in [-0.15, -0.1) is 0 Å². The minimum Gasteiger partial charge on any atom is -0.394 e. The molecule has 0 saturated heterocycles. The average molecular weight is 243 g/mol. The van der Waals surface area contributed by atoms with E-state index in [0.717, 1.165) is 0 Å². The number of nitrogens with two attached hydrogens (primary N) is 1. The molecule has 0 spiro atoms. The van der Waals surface area contributed by atoms with E-state index in [1.165, 1.54) is 11.8 Å². The molecule has 0 unspecified atom stereocenters. The van der Waals surface area contributed by atoms with Crippen LogP contribution in [-0.2, 0) is 0 Å². The third kappa shape index (κ3) is 3.51. The van der Waals surface area contributed by atoms with Crippen LogP contribution in [-0.4, -0.2) is 33.5 Å². The lowest BCUT2D eigenvalue weighted by Crippen LogP contribution is -2.35. The number of rotatable bonds is 5. The summed E-state index contributed by atoms with van der Waals surface area (Å²) >= 11 is 1.43. The van der Waals surface area contributed by atoms with Gasteiger partial charge < -0.3 is 15.8 Å². The van der Waals surface area contributed by atoms with Gasteiger partial charge in [0.05, 0.1) is 12.1 Å². The molecule has 0 aliphatic carbocycles. The Bertz CT molecular complexity index is 336. The Kier molecular flexibility index (Phi) is 4.34. The van der Waals surface area contributed by atoms with E-state index < -0.39 is 5.54 Å². The van der Waals surface area contributed by atoms with Gasteiger partial charge in [0, 0.05) is 6.07 Å². The molecular weight excluding hydrogens is 226 g/mol. The zero-order valence-corrected chi connectivity index (χ0v) is 10.4. The maximum Gasteiger partial charge on any atom is 0.191 e. The molecule has 6 nitrogen and oxygen atoms in total. The topological polar surface area (TPSA) is 96.1 Å². The van der Waals surface area contributed by atoms with Crippen LogP contribution in [0.5, 0.6) is 0 Å². The maximum absolute atomic E-state index is 9.16. The molecule has 5 N–H and O–H groups in total. The van der Waals surface area contributed by atoms with Crippen molar-refractivity contribution < 1.29 is 5.11 Å². The van der Waals surface area contributed by atoms with E-state index >= 15 is 0 Å². The van der Waals surface area contributed by atoms with Crippen molar-refractivity contribution >= 4 is 23.4 Å². The van der Waals surface area contributed by atoms with Gasteiger partial charge in [-0.05, 0) is 20.1 Å². The largest absolute Gasteiger partial charge is 0.394 e. The summed E-state index contributed by atoms with van der Waals surface area (Å²) < 4.78 is 0. The van der Waals surface area contributed by atoms with Gasteiger partial charge >= 0.3 is 0 Å². The lowest BCUT2D eigenvalue weighted by atomic mass is 10.1. The molecule has 1 rings (SSSR count). The highest BCUT2D eigenvalue weighted by Crippen LogP contribution is 2.19. The first kappa shape index (κ1) is 13.0. The smallest absolute Gasteiger partial charge is 0.191 e. The highest BCUT2D eigenvalue weighted by atomic mass is 32.2. The van der Waals surface area contributed by atoms with Crippen LogP contribution in [0, 0.1) is 0 Å². The molecule has 1 heterocycles. The fourth-order valence-electron chi connectivity index (χ4n) is 1.04. The van der Waals surface area contributed by atoms with Crippen LogP contribution in [0.4, 0.5) is 11.6 Å². The van der Waals surface area contributed by atoms with Crippen molar-refractivity contribution in [3.63, 3.8) is 0 Å². The molecule has 0 bridgehead atoms. The van der Waals surface area contributed by atoms with Crippen LogP contribution in [0.1, 0.15) is 13.8 Å². The van der Waals surface area contributed by atoms with E-state index in [-0.39, 0.29) is 6.61 Å². The molecule has 90 valence electrons. The van der Waals surface area contributed by atoms with Crippen LogP contribution < -0.4 is 16.6 Å². The van der Waals surface area contributed by atoms with Gasteiger partial charge in [-0.3, -0.25) is 0 Å². The highest BCUT2D eigenvalue weighted by molar-refractivity contribution is 7.98. The maximum atomic E-state index is 9.16. The van der Waals surface area contributed by atoms with Crippen molar-refractivity contribution in [3.8, 4) is 0 Å². The third-order valence-electron chi connectivity index (χ3n) is 1.90. The van der Waals surface area contributed by atoms with Gasteiger partial charge in [-0.2, -0.15) is 0 Å². The van der Waals surface area contributed by atoms with E-state index in [1.54, 1.807) is 6.07 Å². The van der Waals surface area contributed by atoms with Crippen LogP contribution >= 0.6 is 11.8 Å². The number of aliphatic hydroxyl groups excluding tert-OH is 1. The van der Waals surface area contributed by atoms with Gasteiger partial charge in [0.2, 0.25) is 0 Å². The zero-order valence-electron chi connectivity index (χ0n) is 9.61. The van der Waals surface area contributed by atoms with E-state index in [4.69, 9.17) is 10.9 Å². The molecule has 0 radical (unpaired) electrons. The number of anilines is 2. The SMILES string of the molecule is CSc1nc(NN)cc(NC(C)(C)CO)n1. The minimum atomic E-state index is -0.435. The molecule has 0 aliphatic rings. The van der Waals surface area contributed by atoms with Crippen molar-refractivity contribution in [2.45, 2.75) is 24.5 Å². The minimum absolute atomic E-state index is 0.0109. The fourth-order valence-corrected chi connectivity index (χ4v) is 1.42. The second-order valence-electron chi connectivity index (χ2n) is 3.94. The van der Waals surface area contributed by atoms with Gasteiger partial charge in [-0.25, -0.2) is 15.8 Å². The summed E-state index contributed by atoms with van der Waals surface area (Å²) in [6.07, 6.45) is 1.89. The number of nitrogen functional groups attached to an aromatic ring is 1. The Balaban J connectivity index is 2.95. The molecule has 0 aliphatic heterocycles. The second-order valence-corrected chi connectivity index (χ2v) is 4.71. The molecule has 0 atom stereocenters. The van der Waals surface area contributed by atoms with Crippen molar-refractivity contribution in [3.05, 3.63) is 6.07 Å². The van der Waals surface area contributed by atoms with Crippen LogP contribution in [0.3, 0.4) is 0 Å². The quantitative estimate of drug-likeness (QED) is 0.261. The van der Waals surface area contributed by atoms with Crippen LogP contribution in [0.25, 0.3) is 0 Å². The number of aliphatic hydroxyl groups is 1. The first-order valence-corrected chi connectivity index (χ1v) is 6.02. The Hall–Kier alpha value is -1.05. The van der Waals surface area contributed by atoms with Gasteiger partial charge in [0.15, 0.2) is 5.16 Å². The standard InChI is InChI=1S/C9H17N5OS/c1-9(2,5-15)13-6-4-7(14-10)12-8(11-6)16-3/h4,15H,5,10H2,1-3H3,(H2,11,12,13,14). The molecule has 1 aromatic rings. The number of thioether (sulfide) groups is 1. The van der Waals surface area contributed by atoms with E-state index in [0.29, 0.717) is 16.8 Å². The Morgan fingerprint density at radius 3 is 2.56 bits per heavy atom. The number of hydrogen-bond donors (Lipinski definition) is 4. The number of nitrogens with zero attached hydrogens (tertiary/aromatic N) is 2. The highest BCUT2D eigenvalue weighted by Gasteiger charge is 2.17. The molecule has 7 heteroatoms. The lowest BCUT2D eigenvalue weighted by molar-refractivity contribution is 0.234. The number of aromatic nitrogens is 2. The van der Waals surface area contributed by atoms with Crippen LogP contribution in [0.15, 0.2) is 11.2 Å². The Morgan fingerprint density at radius 1 is 1.44 bits per heavy atom. The summed E-state index contributed by atoms with van der Waals surface area (Å²) in [6, 6.07) is 1.69. The summed E-state index contributed by atoms with van der Waals surface area (Å²) in [5.41, 5.74) is 2.04. The van der Waals surface area contributed by atoms with Gasteiger partial charge in [-0.1, -0.05) is 11.8 Å². The van der Waals surface area contributed by atoms with Crippen molar-refractivity contribution in [1.82, 2.24) is 9.97 Å². The van der Waals surface area contributed by atoms with Crippen molar-refractivity contribution in [2.24, 2.45) is 5.84 Å². The molecule has 0 fully saturated rings. The molecule has 0 aromatic carbocycles. The van der Waals surface area contributed by atoms with E-state index in [9.17, 15) is 0 Å². The Labute approximate surface area is 99.0 Å². The summed E-state index contributed by atoms with van der Waals surface area (Å²) in [5.74, 6) is 6.48. The van der Waals surface area contributed by atoms with Gasteiger partial charge in [0.25, 0.3) is 0 Å². The predicted octanol–water partition coefficient (Wildman–Crippen LogP) is 0.667. The first-order chi connectivity index (χ1) is 7.50. The number of hydrogen-bond acceptors (Lipinski definition) is 7. The van der Waals surface area contributed by atoms with E-state index in [1.807, 2.05) is 20.1 Å². The summed E-state index contributed by atoms with van der Waals surface area (Å²) in [5, 5.41) is 12.9. The van der Waals surface area contributed by atoms with Crippen molar-refractivity contribution in [1.29, 1.82) is 0 Å². The molecule has 0 saturated carbocycles. The zero-order chi connectivity index (χ0) is 12.2.